The number of anilines is 6. The van der Waals surface area contributed by atoms with Crippen molar-refractivity contribution in [1.29, 1.82) is 0 Å². The molecule has 1 spiro atoms. The summed E-state index contributed by atoms with van der Waals surface area (Å²) < 4.78 is 99.1. The molecule has 2 unspecified atom stereocenters. The molecule has 2 nitrogen and oxygen atoms in total. The van der Waals surface area contributed by atoms with Crippen LogP contribution in [0.5, 0.6) is 0 Å². The molecular formula is C84H62F6N2. The summed E-state index contributed by atoms with van der Waals surface area (Å²) >= 11 is 0. The molecule has 0 aliphatic heterocycles. The number of benzene rings is 12. The fourth-order valence-electron chi connectivity index (χ4n) is 15.6. The lowest BCUT2D eigenvalue weighted by molar-refractivity contribution is 0.544. The fraction of sp³-hybridized carbons (Fsp3) is 0.119. The molecule has 0 amide bonds. The molecule has 92 heavy (non-hydrogen) atoms. The average molecular weight is 1210 g/mol. The quantitative estimate of drug-likeness (QED) is 0.106. The fourth-order valence-corrected chi connectivity index (χ4v) is 15.6. The lowest BCUT2D eigenvalue weighted by atomic mass is 9.70. The SMILES string of the molecule is C=Cc1ccc(C2(CC)c3ccccc3-c3ccc(N(c4ccc5c(c4)C4(c6ccccc6-c6ccc(N(c7ccc(-c8ccccc8C(C)C)c(Cc8cc(C)ccc8C)c7)c7c(F)cc(F)cc7F)cc64)c4ccccc4-5)c4c(F)cc(F)cc4F)cc32)cc1. The third-order valence-electron chi connectivity index (χ3n) is 19.7. The standard InChI is InChI=1S/C84H62F6N2/c1-7-52-27-29-55(30-28-52)83(8-2)71-22-14-11-19-65(71)68-36-32-59(46-74(68)83)92(82-79(89)44-57(86)45-80(82)90)61-34-38-70-67-21-13-16-24-73(67)84(76(70)48-61)72-23-15-12-20-66(72)69-37-33-60(47-75(69)84)91(81-77(87)42-56(85)43-78(81)88)58-31-35-63(64-18-10-9-17-62(64)49(3)4)54(41-58)40-53-39-50(5)25-26-51(53)6/h7,9-39,41-49H,1,8,40H2,2-6H3. The highest BCUT2D eigenvalue weighted by atomic mass is 19.2. The highest BCUT2D eigenvalue weighted by molar-refractivity contribution is 5.98. The Hall–Kier alpha value is -10.4. The number of halogens is 6. The summed E-state index contributed by atoms with van der Waals surface area (Å²) in [5.74, 6) is -6.30. The highest BCUT2D eigenvalue weighted by Gasteiger charge is 2.52. The predicted molar refractivity (Wildman–Crippen MR) is 362 cm³/mol. The summed E-state index contributed by atoms with van der Waals surface area (Å²) in [5, 5.41) is 0. The van der Waals surface area contributed by atoms with Crippen LogP contribution in [0.15, 0.2) is 243 Å². The molecule has 0 radical (unpaired) electrons. The molecule has 0 fully saturated rings. The molecule has 0 saturated heterocycles. The van der Waals surface area contributed by atoms with Gasteiger partial charge in [0.05, 0.1) is 5.41 Å². The van der Waals surface area contributed by atoms with Crippen LogP contribution in [-0.2, 0) is 17.3 Å². The molecule has 3 aliphatic carbocycles. The largest absolute Gasteiger partial charge is 0.305 e. The molecule has 15 rings (SSSR count). The molecular weight excluding hydrogens is 1150 g/mol. The zero-order valence-electron chi connectivity index (χ0n) is 51.5. The van der Waals surface area contributed by atoms with Crippen molar-refractivity contribution in [2.24, 2.45) is 0 Å². The van der Waals surface area contributed by atoms with E-state index in [9.17, 15) is 0 Å². The number of rotatable bonds is 13. The minimum absolute atomic E-state index is 0.182. The van der Waals surface area contributed by atoms with Crippen molar-refractivity contribution in [2.75, 3.05) is 9.80 Å². The molecule has 0 heterocycles. The van der Waals surface area contributed by atoms with Crippen molar-refractivity contribution in [3.63, 3.8) is 0 Å². The molecule has 2 atom stereocenters. The lowest BCUT2D eigenvalue weighted by Crippen LogP contribution is -2.27. The number of nitrogens with zero attached hydrogens (tertiary/aromatic N) is 2. The van der Waals surface area contributed by atoms with Crippen molar-refractivity contribution < 1.29 is 26.3 Å². The first-order chi connectivity index (χ1) is 44.6. The van der Waals surface area contributed by atoms with Crippen molar-refractivity contribution >= 4 is 40.2 Å². The van der Waals surface area contributed by atoms with Gasteiger partial charge in [-0.05, 0) is 192 Å². The van der Waals surface area contributed by atoms with Gasteiger partial charge in [-0.15, -0.1) is 0 Å². The zero-order chi connectivity index (χ0) is 63.5. The van der Waals surface area contributed by atoms with E-state index in [0.29, 0.717) is 59.9 Å². The number of aryl methyl sites for hydroxylation is 2. The first kappa shape index (κ1) is 58.0. The lowest BCUT2D eigenvalue weighted by Gasteiger charge is -2.34. The molecule has 12 aromatic carbocycles. The van der Waals surface area contributed by atoms with E-state index in [1.807, 2.05) is 140 Å². The summed E-state index contributed by atoms with van der Waals surface area (Å²) in [4.78, 5) is 3.12. The third-order valence-corrected chi connectivity index (χ3v) is 19.7. The van der Waals surface area contributed by atoms with Crippen molar-refractivity contribution in [3.8, 4) is 44.5 Å². The Bertz CT molecular complexity index is 4960. The van der Waals surface area contributed by atoms with E-state index in [1.54, 1.807) is 9.80 Å². The summed E-state index contributed by atoms with van der Waals surface area (Å²) in [6.45, 7) is 14.6. The van der Waals surface area contributed by atoms with E-state index in [4.69, 9.17) is 0 Å². The van der Waals surface area contributed by atoms with Gasteiger partial charge in [-0.25, -0.2) is 26.3 Å². The molecule has 3 aliphatic rings. The van der Waals surface area contributed by atoms with Crippen LogP contribution in [0.25, 0.3) is 50.6 Å². The molecule has 0 bridgehead atoms. The highest BCUT2D eigenvalue weighted by Crippen LogP contribution is 2.65. The van der Waals surface area contributed by atoms with Crippen LogP contribution in [0.3, 0.4) is 0 Å². The normalized spacial score (nSPS) is 15.4. The van der Waals surface area contributed by atoms with Gasteiger partial charge in [-0.2, -0.15) is 0 Å². The summed E-state index contributed by atoms with van der Waals surface area (Å²) in [6, 6.07) is 74.0. The van der Waals surface area contributed by atoms with Gasteiger partial charge in [0, 0.05) is 52.4 Å². The minimum Gasteiger partial charge on any atom is -0.305 e. The number of fused-ring (bicyclic) bond motifs is 13. The Morgan fingerprint density at radius 1 is 0.402 bits per heavy atom. The van der Waals surface area contributed by atoms with Gasteiger partial charge in [0.2, 0.25) is 0 Å². The van der Waals surface area contributed by atoms with E-state index < -0.39 is 57.1 Å². The second-order valence-corrected chi connectivity index (χ2v) is 25.0. The second kappa shape index (κ2) is 22.2. The van der Waals surface area contributed by atoms with E-state index in [1.165, 1.54) is 0 Å². The first-order valence-corrected chi connectivity index (χ1v) is 31.3. The monoisotopic (exact) mass is 1210 g/mol. The van der Waals surface area contributed by atoms with Crippen LogP contribution in [0.2, 0.25) is 0 Å². The summed E-state index contributed by atoms with van der Waals surface area (Å²) in [7, 11) is 0. The van der Waals surface area contributed by atoms with E-state index >= 15 is 26.3 Å². The molecule has 8 heteroatoms. The van der Waals surface area contributed by atoms with Crippen LogP contribution in [-0.4, -0.2) is 0 Å². The Balaban J connectivity index is 0.968. The summed E-state index contributed by atoms with van der Waals surface area (Å²) in [5.41, 5.74) is 19.3. The Kier molecular flexibility index (Phi) is 14.0. The topological polar surface area (TPSA) is 6.48 Å². The molecule has 0 N–H and O–H groups in total. The van der Waals surface area contributed by atoms with Gasteiger partial charge >= 0.3 is 0 Å². The molecule has 0 saturated carbocycles. The predicted octanol–water partition coefficient (Wildman–Crippen LogP) is 23.2. The Morgan fingerprint density at radius 2 is 0.826 bits per heavy atom. The van der Waals surface area contributed by atoms with Crippen molar-refractivity contribution in [3.05, 3.63) is 350 Å². The molecule has 450 valence electrons. The van der Waals surface area contributed by atoms with E-state index in [2.05, 4.69) is 120 Å². The van der Waals surface area contributed by atoms with Crippen molar-refractivity contribution in [1.82, 2.24) is 0 Å². The smallest absolute Gasteiger partial charge is 0.153 e. The minimum atomic E-state index is -1.16. The number of hydrogen-bond donors (Lipinski definition) is 0. The maximum atomic E-state index is 17.2. The van der Waals surface area contributed by atoms with Gasteiger partial charge in [-0.1, -0.05) is 203 Å². The van der Waals surface area contributed by atoms with Gasteiger partial charge in [-0.3, -0.25) is 0 Å². The van der Waals surface area contributed by atoms with Crippen LogP contribution in [0.4, 0.5) is 60.5 Å². The van der Waals surface area contributed by atoms with Crippen LogP contribution >= 0.6 is 0 Å². The third kappa shape index (κ3) is 8.85. The maximum absolute atomic E-state index is 17.2. The Labute approximate surface area is 532 Å². The number of hydrogen-bond acceptors (Lipinski definition) is 2. The van der Waals surface area contributed by atoms with Gasteiger partial charge < -0.3 is 9.80 Å². The molecule has 0 aromatic heterocycles. The Morgan fingerprint density at radius 3 is 1.33 bits per heavy atom. The van der Waals surface area contributed by atoms with Crippen LogP contribution < -0.4 is 9.80 Å². The average Bonchev–Trinajstić information content (AvgIpc) is 1.51. The van der Waals surface area contributed by atoms with Gasteiger partial charge in [0.25, 0.3) is 0 Å². The van der Waals surface area contributed by atoms with Crippen LogP contribution in [0, 0.1) is 48.8 Å². The zero-order valence-corrected chi connectivity index (χ0v) is 51.5. The van der Waals surface area contributed by atoms with E-state index in [0.717, 1.165) is 117 Å². The maximum Gasteiger partial charge on any atom is 0.153 e. The second-order valence-electron chi connectivity index (χ2n) is 25.0. The van der Waals surface area contributed by atoms with Crippen LogP contribution in [0.1, 0.15) is 105 Å². The van der Waals surface area contributed by atoms with Gasteiger partial charge in [0.1, 0.15) is 23.0 Å². The first-order valence-electron chi connectivity index (χ1n) is 31.3. The van der Waals surface area contributed by atoms with E-state index in [-0.39, 0.29) is 5.92 Å². The molecule has 12 aromatic rings. The summed E-state index contributed by atoms with van der Waals surface area (Å²) in [6.07, 6.45) is 2.96. The van der Waals surface area contributed by atoms with Crippen molar-refractivity contribution in [2.45, 2.75) is 64.2 Å². The van der Waals surface area contributed by atoms with Gasteiger partial charge in [0.15, 0.2) is 23.3 Å².